The number of carbonyl (C=O) groups is 1. The Bertz CT molecular complexity index is 1240. The average molecular weight is 389 g/mol. The summed E-state index contributed by atoms with van der Waals surface area (Å²) in [6.45, 7) is 1.83. The van der Waals surface area contributed by atoms with Gasteiger partial charge in [-0.25, -0.2) is 9.67 Å². The number of para-hydroxylation sites is 2. The van der Waals surface area contributed by atoms with Gasteiger partial charge in [0.15, 0.2) is 0 Å². The van der Waals surface area contributed by atoms with Gasteiger partial charge in [-0.15, -0.1) is 0 Å². The van der Waals surface area contributed by atoms with Gasteiger partial charge in [0.25, 0.3) is 11.5 Å². The number of pyridine rings is 1. The summed E-state index contributed by atoms with van der Waals surface area (Å²) < 4.78 is 8.40. The van der Waals surface area contributed by atoms with Crippen LogP contribution < -0.4 is 15.6 Å². The van der Waals surface area contributed by atoms with Gasteiger partial charge in [0.1, 0.15) is 22.6 Å². The molecule has 0 spiro atoms. The second-order valence-corrected chi connectivity index (χ2v) is 6.49. The Balaban J connectivity index is 1.57. The summed E-state index contributed by atoms with van der Waals surface area (Å²) in [6.07, 6.45) is 6.37. The van der Waals surface area contributed by atoms with E-state index in [1.165, 1.54) is 10.6 Å². The van der Waals surface area contributed by atoms with E-state index in [-0.39, 0.29) is 11.6 Å². The van der Waals surface area contributed by atoms with Crippen LogP contribution in [0.5, 0.6) is 5.75 Å². The van der Waals surface area contributed by atoms with Crippen LogP contribution in [0.1, 0.15) is 28.9 Å². The first kappa shape index (κ1) is 18.4. The summed E-state index contributed by atoms with van der Waals surface area (Å²) in [5.41, 5.74) is 1.64. The number of aromatic nitrogens is 4. The van der Waals surface area contributed by atoms with Crippen LogP contribution in [0.2, 0.25) is 0 Å². The van der Waals surface area contributed by atoms with Crippen LogP contribution in [-0.2, 0) is 0 Å². The number of rotatable bonds is 5. The normalized spacial score (nSPS) is 11.9. The smallest absolute Gasteiger partial charge is 0.270 e. The number of amides is 1. The van der Waals surface area contributed by atoms with Gasteiger partial charge in [-0.2, -0.15) is 5.10 Å². The molecule has 8 heteroatoms. The van der Waals surface area contributed by atoms with E-state index in [9.17, 15) is 9.59 Å². The van der Waals surface area contributed by atoms with E-state index in [0.717, 1.165) is 11.3 Å². The maximum atomic E-state index is 12.7. The molecule has 3 heterocycles. The van der Waals surface area contributed by atoms with E-state index in [1.807, 2.05) is 37.4 Å². The first-order valence-corrected chi connectivity index (χ1v) is 9.03. The molecule has 8 nitrogen and oxygen atoms in total. The molecule has 3 aromatic heterocycles. The zero-order valence-electron chi connectivity index (χ0n) is 15.9. The topological polar surface area (TPSA) is 90.5 Å². The third-order valence-corrected chi connectivity index (χ3v) is 4.64. The van der Waals surface area contributed by atoms with Crippen molar-refractivity contribution in [3.63, 3.8) is 0 Å². The summed E-state index contributed by atoms with van der Waals surface area (Å²) in [5, 5.41) is 7.20. The molecule has 1 amide bonds. The molecule has 0 bridgehead atoms. The quantitative estimate of drug-likeness (QED) is 0.566. The van der Waals surface area contributed by atoms with E-state index >= 15 is 0 Å². The molecule has 0 saturated heterocycles. The minimum atomic E-state index is -0.488. The Kier molecular flexibility index (Phi) is 4.82. The number of benzene rings is 1. The van der Waals surface area contributed by atoms with Gasteiger partial charge < -0.3 is 10.1 Å². The van der Waals surface area contributed by atoms with E-state index in [1.54, 1.807) is 42.4 Å². The van der Waals surface area contributed by atoms with Gasteiger partial charge >= 0.3 is 0 Å². The van der Waals surface area contributed by atoms with Gasteiger partial charge in [-0.05, 0) is 31.2 Å². The average Bonchev–Trinajstić information content (AvgIpc) is 3.24. The Morgan fingerprint density at radius 1 is 1.14 bits per heavy atom. The van der Waals surface area contributed by atoms with E-state index < -0.39 is 11.5 Å². The number of hydrogen-bond acceptors (Lipinski definition) is 5. The van der Waals surface area contributed by atoms with Crippen molar-refractivity contribution in [1.82, 2.24) is 24.5 Å². The second-order valence-electron chi connectivity index (χ2n) is 6.49. The number of hydrogen-bond donors (Lipinski definition) is 1. The molecule has 1 atom stereocenters. The van der Waals surface area contributed by atoms with E-state index in [0.29, 0.717) is 11.4 Å². The molecule has 0 aliphatic heterocycles. The Morgan fingerprint density at radius 3 is 2.76 bits per heavy atom. The fourth-order valence-corrected chi connectivity index (χ4v) is 3.05. The zero-order valence-corrected chi connectivity index (χ0v) is 15.9. The number of carbonyl (C=O) groups excluding carboxylic acids is 1. The maximum absolute atomic E-state index is 12.7. The first-order chi connectivity index (χ1) is 14.1. The molecule has 1 N–H and O–H groups in total. The third kappa shape index (κ3) is 3.47. The predicted molar refractivity (Wildman–Crippen MR) is 107 cm³/mol. The highest BCUT2D eigenvalue weighted by Gasteiger charge is 2.18. The van der Waals surface area contributed by atoms with Crippen molar-refractivity contribution in [2.75, 3.05) is 7.11 Å². The van der Waals surface area contributed by atoms with Crippen LogP contribution in [0.4, 0.5) is 0 Å². The summed E-state index contributed by atoms with van der Waals surface area (Å²) in [5.74, 6) is 0.201. The molecule has 4 rings (SSSR count). The number of fused-ring (bicyclic) bond motifs is 1. The third-order valence-electron chi connectivity index (χ3n) is 4.64. The molecule has 0 aliphatic carbocycles. The van der Waals surface area contributed by atoms with Gasteiger partial charge in [0.05, 0.1) is 19.3 Å². The lowest BCUT2D eigenvalue weighted by molar-refractivity contribution is 0.0938. The minimum absolute atomic E-state index is 0.0160. The highest BCUT2D eigenvalue weighted by atomic mass is 16.5. The monoisotopic (exact) mass is 389 g/mol. The van der Waals surface area contributed by atoms with E-state index in [4.69, 9.17) is 4.74 Å². The zero-order chi connectivity index (χ0) is 20.4. The van der Waals surface area contributed by atoms with Crippen LogP contribution in [0.3, 0.4) is 0 Å². The molecule has 0 radical (unpaired) electrons. The van der Waals surface area contributed by atoms with Crippen molar-refractivity contribution in [3.05, 3.63) is 88.7 Å². The standard InChI is InChI=1S/C21H19N5O3/c1-14(15-11-23-26(13-15)17-7-3-4-8-18(17)29-2)24-20(27)16-12-22-19-9-5-6-10-25(19)21(16)28/h3-14H,1-2H3,(H,24,27). The largest absolute Gasteiger partial charge is 0.494 e. The summed E-state index contributed by atoms with van der Waals surface area (Å²) >= 11 is 0. The van der Waals surface area contributed by atoms with Crippen LogP contribution in [-0.4, -0.2) is 32.2 Å². The number of nitrogens with one attached hydrogen (secondary N) is 1. The van der Waals surface area contributed by atoms with Gasteiger partial charge in [-0.3, -0.25) is 14.0 Å². The molecular weight excluding hydrogens is 370 g/mol. The van der Waals surface area contributed by atoms with Gasteiger partial charge in [0, 0.05) is 24.2 Å². The molecule has 0 saturated carbocycles. The van der Waals surface area contributed by atoms with Crippen molar-refractivity contribution >= 4 is 11.6 Å². The van der Waals surface area contributed by atoms with Gasteiger partial charge in [0.2, 0.25) is 0 Å². The van der Waals surface area contributed by atoms with E-state index in [2.05, 4.69) is 15.4 Å². The molecular formula is C21H19N5O3. The minimum Gasteiger partial charge on any atom is -0.494 e. The molecule has 0 aliphatic rings. The summed E-state index contributed by atoms with van der Waals surface area (Å²) in [6, 6.07) is 12.4. The fraction of sp³-hybridized carbons (Fsp3) is 0.143. The van der Waals surface area contributed by atoms with Gasteiger partial charge in [-0.1, -0.05) is 18.2 Å². The Labute approximate surface area is 166 Å². The van der Waals surface area contributed by atoms with Crippen molar-refractivity contribution in [2.45, 2.75) is 13.0 Å². The molecule has 0 fully saturated rings. The summed E-state index contributed by atoms with van der Waals surface area (Å²) in [7, 11) is 1.60. The van der Waals surface area contributed by atoms with Crippen LogP contribution >= 0.6 is 0 Å². The number of nitrogens with zero attached hydrogens (tertiary/aromatic N) is 4. The maximum Gasteiger partial charge on any atom is 0.270 e. The second kappa shape index (κ2) is 7.59. The van der Waals surface area contributed by atoms with Crippen LogP contribution in [0, 0.1) is 0 Å². The Hall–Kier alpha value is -3.94. The fourth-order valence-electron chi connectivity index (χ4n) is 3.05. The van der Waals surface area contributed by atoms with Crippen LogP contribution in [0.25, 0.3) is 11.3 Å². The Morgan fingerprint density at radius 2 is 1.93 bits per heavy atom. The molecule has 4 aromatic rings. The lowest BCUT2D eigenvalue weighted by atomic mass is 10.2. The van der Waals surface area contributed by atoms with Crippen LogP contribution in [0.15, 0.2) is 72.0 Å². The molecule has 1 unspecified atom stereocenters. The highest BCUT2D eigenvalue weighted by Crippen LogP contribution is 2.23. The lowest BCUT2D eigenvalue weighted by Crippen LogP contribution is -2.33. The molecule has 146 valence electrons. The SMILES string of the molecule is COc1ccccc1-n1cc(C(C)NC(=O)c2cnc3ccccn3c2=O)cn1. The summed E-state index contributed by atoms with van der Waals surface area (Å²) in [4.78, 5) is 29.4. The predicted octanol–water partition coefficient (Wildman–Crippen LogP) is 2.38. The van der Waals surface area contributed by atoms with Crippen molar-refractivity contribution in [2.24, 2.45) is 0 Å². The lowest BCUT2D eigenvalue weighted by Gasteiger charge is -2.12. The number of methoxy groups -OCH3 is 1. The number of ether oxygens (including phenoxy) is 1. The van der Waals surface area contributed by atoms with Crippen molar-refractivity contribution < 1.29 is 9.53 Å². The van der Waals surface area contributed by atoms with Crippen molar-refractivity contribution in [1.29, 1.82) is 0 Å². The highest BCUT2D eigenvalue weighted by molar-refractivity contribution is 5.94. The molecule has 29 heavy (non-hydrogen) atoms. The first-order valence-electron chi connectivity index (χ1n) is 9.03. The molecule has 1 aromatic carbocycles. The van der Waals surface area contributed by atoms with Crippen molar-refractivity contribution in [3.8, 4) is 11.4 Å².